The Morgan fingerprint density at radius 1 is 0.424 bits per heavy atom. The molecule has 0 unspecified atom stereocenters. The van der Waals surface area contributed by atoms with Crippen LogP contribution in [-0.4, -0.2) is 24.5 Å². The normalized spacial score (nSPS) is 11.7. The molecule has 12 aromatic rings. The van der Waals surface area contributed by atoms with Gasteiger partial charge in [0.25, 0.3) is 0 Å². The number of hydrogen-bond acceptors (Lipinski definition) is 6. The largest absolute Gasteiger partial charge is 0.455 e. The van der Waals surface area contributed by atoms with Crippen LogP contribution in [0.5, 0.6) is 0 Å². The summed E-state index contributed by atoms with van der Waals surface area (Å²) in [7, 11) is 0. The molecular weight excluding hydrogens is 743 g/mol. The van der Waals surface area contributed by atoms with Crippen LogP contribution < -0.4 is 0 Å². The predicted molar refractivity (Wildman–Crippen MR) is 242 cm³/mol. The molecule has 0 amide bonds. The van der Waals surface area contributed by atoms with Crippen molar-refractivity contribution >= 4 is 64.5 Å². The minimum absolute atomic E-state index is 0.593. The van der Waals surface area contributed by atoms with E-state index in [0.29, 0.717) is 17.5 Å². The highest BCUT2D eigenvalue weighted by molar-refractivity contribution is 7.26. The maximum Gasteiger partial charge on any atom is 0.164 e. The lowest BCUT2D eigenvalue weighted by molar-refractivity contribution is 0.670. The molecule has 0 atom stereocenters. The van der Waals surface area contributed by atoms with Crippen molar-refractivity contribution in [2.24, 2.45) is 0 Å². The maximum absolute atomic E-state index is 6.45. The first kappa shape index (κ1) is 33.4. The molecular formula is C52H31N5OS. The predicted octanol–water partition coefficient (Wildman–Crippen LogP) is 13.8. The van der Waals surface area contributed by atoms with Gasteiger partial charge in [0.05, 0.1) is 11.0 Å². The highest BCUT2D eigenvalue weighted by Gasteiger charge is 2.23. The van der Waals surface area contributed by atoms with E-state index in [1.54, 1.807) is 11.3 Å². The van der Waals surface area contributed by atoms with Gasteiger partial charge in [0.1, 0.15) is 17.0 Å². The van der Waals surface area contributed by atoms with E-state index in [0.717, 1.165) is 93.3 Å². The van der Waals surface area contributed by atoms with Gasteiger partial charge >= 0.3 is 0 Å². The summed E-state index contributed by atoms with van der Waals surface area (Å²) in [6, 6.07) is 64.8. The smallest absolute Gasteiger partial charge is 0.164 e. The Morgan fingerprint density at radius 3 is 1.86 bits per heavy atom. The number of benzene rings is 8. The van der Waals surface area contributed by atoms with Crippen LogP contribution in [0.15, 0.2) is 192 Å². The molecule has 0 bridgehead atoms. The van der Waals surface area contributed by atoms with Gasteiger partial charge in [-0.2, -0.15) is 0 Å². The minimum atomic E-state index is 0.593. The highest BCUT2D eigenvalue weighted by Crippen LogP contribution is 2.45. The van der Waals surface area contributed by atoms with Crippen molar-refractivity contribution in [3.8, 4) is 62.4 Å². The molecule has 7 heteroatoms. The third-order valence-electron chi connectivity index (χ3n) is 11.1. The molecule has 12 rings (SSSR count). The van der Waals surface area contributed by atoms with Crippen LogP contribution in [0, 0.1) is 0 Å². The van der Waals surface area contributed by atoms with E-state index in [-0.39, 0.29) is 0 Å². The second-order valence-electron chi connectivity index (χ2n) is 14.6. The van der Waals surface area contributed by atoms with E-state index in [9.17, 15) is 0 Å². The fourth-order valence-electron chi connectivity index (χ4n) is 8.43. The molecule has 0 spiro atoms. The lowest BCUT2D eigenvalue weighted by Gasteiger charge is -2.12. The van der Waals surface area contributed by atoms with Crippen molar-refractivity contribution in [1.82, 2.24) is 24.5 Å². The van der Waals surface area contributed by atoms with Crippen LogP contribution >= 0.6 is 11.3 Å². The first-order chi connectivity index (χ1) is 29.2. The number of aromatic nitrogens is 5. The molecule has 0 radical (unpaired) electrons. The zero-order valence-corrected chi connectivity index (χ0v) is 32.3. The molecule has 0 saturated carbocycles. The van der Waals surface area contributed by atoms with E-state index < -0.39 is 0 Å². The topological polar surface area (TPSA) is 69.6 Å². The number of hydrogen-bond donors (Lipinski definition) is 0. The van der Waals surface area contributed by atoms with Crippen molar-refractivity contribution in [3.63, 3.8) is 0 Å². The van der Waals surface area contributed by atoms with E-state index in [1.807, 2.05) is 54.6 Å². The number of thiophene rings is 1. The number of rotatable bonds is 6. The summed E-state index contributed by atoms with van der Waals surface area (Å²) in [6.07, 6.45) is 0. The fraction of sp³-hybridized carbons (Fsp3) is 0. The molecule has 4 aromatic heterocycles. The third kappa shape index (κ3) is 5.47. The fourth-order valence-corrected chi connectivity index (χ4v) is 9.58. The summed E-state index contributed by atoms with van der Waals surface area (Å²) in [5.41, 5.74) is 10.6. The first-order valence-corrected chi connectivity index (χ1v) is 20.4. The Hall–Kier alpha value is -7.74. The van der Waals surface area contributed by atoms with Gasteiger partial charge in [0.2, 0.25) is 0 Å². The second-order valence-corrected chi connectivity index (χ2v) is 15.7. The van der Waals surface area contributed by atoms with Crippen LogP contribution in [0.1, 0.15) is 0 Å². The van der Waals surface area contributed by atoms with Crippen LogP contribution in [0.25, 0.3) is 116 Å². The summed E-state index contributed by atoms with van der Waals surface area (Å²) in [4.78, 5) is 21.0. The van der Waals surface area contributed by atoms with Gasteiger partial charge in [0.15, 0.2) is 17.5 Å². The van der Waals surface area contributed by atoms with Crippen molar-refractivity contribution in [3.05, 3.63) is 188 Å². The maximum atomic E-state index is 6.45. The minimum Gasteiger partial charge on any atom is -0.455 e. The highest BCUT2D eigenvalue weighted by atomic mass is 32.1. The molecule has 0 fully saturated rings. The summed E-state index contributed by atoms with van der Waals surface area (Å²) in [5, 5.41) is 4.41. The van der Waals surface area contributed by atoms with E-state index in [1.165, 1.54) is 4.70 Å². The summed E-state index contributed by atoms with van der Waals surface area (Å²) >= 11 is 1.77. The SMILES string of the molecule is c1ccc(-c2nc(-c3cccc(-c4cccc5c4oc4ccccc45)c3)nc(-c3cccc4sc5cccc(-c6nc7ccccc7n6-c6ccccc6)c5c34)n2)cc1. The van der Waals surface area contributed by atoms with Crippen LogP contribution in [-0.2, 0) is 0 Å². The number of fused-ring (bicyclic) bond motifs is 7. The van der Waals surface area contributed by atoms with E-state index in [2.05, 4.69) is 138 Å². The van der Waals surface area contributed by atoms with E-state index >= 15 is 0 Å². The average Bonchev–Trinajstić information content (AvgIpc) is 4.01. The summed E-state index contributed by atoms with van der Waals surface area (Å²) < 4.78 is 11.0. The number of imidazole rings is 1. The van der Waals surface area contributed by atoms with Gasteiger partial charge < -0.3 is 4.42 Å². The van der Waals surface area contributed by atoms with Crippen molar-refractivity contribution in [1.29, 1.82) is 0 Å². The van der Waals surface area contributed by atoms with Crippen molar-refractivity contribution < 1.29 is 4.42 Å². The number of para-hydroxylation sites is 5. The Morgan fingerprint density at radius 2 is 1.02 bits per heavy atom. The molecule has 0 N–H and O–H groups in total. The van der Waals surface area contributed by atoms with Gasteiger partial charge in [-0.3, -0.25) is 4.57 Å². The second kappa shape index (κ2) is 13.4. The molecule has 6 nitrogen and oxygen atoms in total. The Kier molecular flexibility index (Phi) is 7.61. The zero-order chi connectivity index (χ0) is 38.9. The van der Waals surface area contributed by atoms with Crippen molar-refractivity contribution in [2.75, 3.05) is 0 Å². The monoisotopic (exact) mass is 773 g/mol. The van der Waals surface area contributed by atoms with Crippen LogP contribution in [0.3, 0.4) is 0 Å². The summed E-state index contributed by atoms with van der Waals surface area (Å²) in [5.74, 6) is 2.69. The Bertz CT molecular complexity index is 3570. The van der Waals surface area contributed by atoms with E-state index in [4.69, 9.17) is 24.4 Å². The van der Waals surface area contributed by atoms with Crippen LogP contribution in [0.4, 0.5) is 0 Å². The molecule has 0 aliphatic carbocycles. The Labute approximate surface area is 342 Å². The average molecular weight is 774 g/mol. The molecule has 4 heterocycles. The molecule has 0 saturated heterocycles. The molecule has 0 aliphatic rings. The molecule has 8 aromatic carbocycles. The third-order valence-corrected chi connectivity index (χ3v) is 12.2. The molecule has 276 valence electrons. The number of nitrogens with zero attached hydrogens (tertiary/aromatic N) is 5. The van der Waals surface area contributed by atoms with Gasteiger partial charge in [-0.1, -0.05) is 140 Å². The summed E-state index contributed by atoms with van der Waals surface area (Å²) in [6.45, 7) is 0. The van der Waals surface area contributed by atoms with Crippen molar-refractivity contribution in [2.45, 2.75) is 0 Å². The number of furan rings is 1. The van der Waals surface area contributed by atoms with Gasteiger partial charge in [0, 0.05) is 64.4 Å². The lowest BCUT2D eigenvalue weighted by Crippen LogP contribution is -2.01. The molecule has 59 heavy (non-hydrogen) atoms. The molecule has 0 aliphatic heterocycles. The first-order valence-electron chi connectivity index (χ1n) is 19.6. The Balaban J connectivity index is 1.08. The van der Waals surface area contributed by atoms with Gasteiger partial charge in [-0.25, -0.2) is 19.9 Å². The zero-order valence-electron chi connectivity index (χ0n) is 31.5. The van der Waals surface area contributed by atoms with Gasteiger partial charge in [-0.05, 0) is 54.1 Å². The van der Waals surface area contributed by atoms with Crippen LogP contribution in [0.2, 0.25) is 0 Å². The standard InChI is InChI=1S/C52H31N5OS/c1-3-15-32(16-4-1)49-54-50(34-18-11-17-33(31-34)36-22-12-23-38-37-21-7-10-28-43(37)58-48(36)38)56-51(55-49)39-24-13-29-44-46(39)47-40(25-14-30-45(47)59-44)52-53-41-26-8-9-27-42(41)57(52)35-19-5-2-6-20-35/h1-31H. The van der Waals surface area contributed by atoms with Gasteiger partial charge in [-0.15, -0.1) is 11.3 Å². The lowest BCUT2D eigenvalue weighted by atomic mass is 10.00. The quantitative estimate of drug-likeness (QED) is 0.168.